The summed E-state index contributed by atoms with van der Waals surface area (Å²) < 4.78 is 16.8. The Morgan fingerprint density at radius 2 is 0.909 bits per heavy atom. The number of aromatic nitrogens is 4. The van der Waals surface area contributed by atoms with Crippen molar-refractivity contribution in [1.82, 2.24) is 30.6 Å². The number of aromatic hydroxyl groups is 2. The number of nitrogens with one attached hydrogen (secondary N) is 2. The molecular weight excluding hydrogens is 969 g/mol. The van der Waals surface area contributed by atoms with Crippen LogP contribution in [0.2, 0.25) is 0 Å². The average molecular weight is 1040 g/mol. The first-order valence-electron chi connectivity index (χ1n) is 26.4. The highest BCUT2D eigenvalue weighted by atomic mass is 16.5. The first kappa shape index (κ1) is 53.4. The Bertz CT molecular complexity index is 3280. The third kappa shape index (κ3) is 12.6. The third-order valence-electron chi connectivity index (χ3n) is 14.8. The Balaban J connectivity index is 0.000000188. The number of hydrogen-bond donors (Lipinski definition) is 4. The summed E-state index contributed by atoms with van der Waals surface area (Å²) in [4.78, 5) is 49.8. The van der Waals surface area contributed by atoms with Crippen LogP contribution in [0.3, 0.4) is 0 Å². The topological polar surface area (TPSA) is 184 Å². The van der Waals surface area contributed by atoms with Gasteiger partial charge in [0.15, 0.2) is 11.5 Å². The molecule has 2 saturated heterocycles. The molecule has 0 atom stereocenters. The van der Waals surface area contributed by atoms with E-state index in [1.165, 1.54) is 0 Å². The first-order valence-corrected chi connectivity index (χ1v) is 26.4. The second kappa shape index (κ2) is 24.0. The maximum atomic E-state index is 13.7. The zero-order valence-corrected chi connectivity index (χ0v) is 44.5. The molecule has 15 nitrogen and oxygen atoms in total. The molecule has 0 unspecified atom stereocenters. The van der Waals surface area contributed by atoms with Crippen molar-refractivity contribution in [2.75, 3.05) is 50.2 Å². The van der Waals surface area contributed by atoms with Crippen molar-refractivity contribution in [1.29, 1.82) is 0 Å². The zero-order valence-electron chi connectivity index (χ0n) is 44.5. The SMILES string of the molecule is COc1cc2nc(N3CCC(Cc4ccccc4)(C(=O)NCc4ccccc4)CC3)nc(O)c2cc1C.COc1cc2nc(N3CCC(Cc4ccccc4)(C(=O)NCc4ccccc4)CC3)nc(O)c2cc1OC(C)C. The molecule has 2 aliphatic rings. The first-order chi connectivity index (χ1) is 37.3. The lowest BCUT2D eigenvalue weighted by Gasteiger charge is -2.41. The van der Waals surface area contributed by atoms with E-state index < -0.39 is 10.8 Å². The molecule has 77 heavy (non-hydrogen) atoms. The van der Waals surface area contributed by atoms with Gasteiger partial charge in [0.1, 0.15) is 5.75 Å². The van der Waals surface area contributed by atoms with Gasteiger partial charge in [-0.2, -0.15) is 9.97 Å². The fourth-order valence-electron chi connectivity index (χ4n) is 10.5. The number of hydrogen-bond acceptors (Lipinski definition) is 13. The number of carbonyl (C=O) groups excluding carboxylic acids is 2. The Kier molecular flexibility index (Phi) is 16.7. The molecule has 0 bridgehead atoms. The molecule has 8 aromatic rings. The highest BCUT2D eigenvalue weighted by Gasteiger charge is 2.43. The number of piperidine rings is 2. The number of fused-ring (bicyclic) bond motifs is 2. The highest BCUT2D eigenvalue weighted by Crippen LogP contribution is 2.41. The normalized spacial score (nSPS) is 14.8. The predicted octanol–water partition coefficient (Wildman–Crippen LogP) is 10.1. The fourth-order valence-corrected chi connectivity index (χ4v) is 10.5. The molecule has 0 saturated carbocycles. The smallest absolute Gasteiger partial charge is 0.229 e. The van der Waals surface area contributed by atoms with Crippen LogP contribution in [0.25, 0.3) is 21.8 Å². The number of carbonyl (C=O) groups is 2. The molecule has 15 heteroatoms. The van der Waals surface area contributed by atoms with E-state index in [4.69, 9.17) is 24.2 Å². The van der Waals surface area contributed by atoms with E-state index in [9.17, 15) is 19.8 Å². The maximum Gasteiger partial charge on any atom is 0.229 e. The average Bonchev–Trinajstić information content (AvgIpc) is 3.45. The lowest BCUT2D eigenvalue weighted by molar-refractivity contribution is -0.133. The lowest BCUT2D eigenvalue weighted by atomic mass is 9.73. The minimum absolute atomic E-state index is 0.0486. The molecule has 4 N–H and O–H groups in total. The van der Waals surface area contributed by atoms with Crippen LogP contribution >= 0.6 is 0 Å². The van der Waals surface area contributed by atoms with Gasteiger partial charge in [-0.25, -0.2) is 9.97 Å². The number of amides is 2. The van der Waals surface area contributed by atoms with E-state index in [0.717, 1.165) is 27.8 Å². The molecule has 2 amide bonds. The van der Waals surface area contributed by atoms with E-state index in [2.05, 4.69) is 49.8 Å². The molecule has 6 aromatic carbocycles. The van der Waals surface area contributed by atoms with Crippen LogP contribution < -0.4 is 34.6 Å². The van der Waals surface area contributed by atoms with Gasteiger partial charge in [0.25, 0.3) is 0 Å². The van der Waals surface area contributed by atoms with Gasteiger partial charge in [-0.15, -0.1) is 0 Å². The van der Waals surface area contributed by atoms with Crippen LogP contribution in [0.1, 0.15) is 67.3 Å². The molecule has 4 heterocycles. The van der Waals surface area contributed by atoms with Crippen molar-refractivity contribution in [2.45, 2.75) is 78.5 Å². The molecule has 2 aliphatic heterocycles. The van der Waals surface area contributed by atoms with Crippen molar-refractivity contribution < 1.29 is 34.0 Å². The molecule has 0 radical (unpaired) electrons. The summed E-state index contributed by atoms with van der Waals surface area (Å²) in [5.74, 6) is 2.66. The Morgan fingerprint density at radius 3 is 1.30 bits per heavy atom. The van der Waals surface area contributed by atoms with Gasteiger partial charge < -0.3 is 44.9 Å². The van der Waals surface area contributed by atoms with Gasteiger partial charge in [-0.05, 0) is 99.2 Å². The Morgan fingerprint density at radius 1 is 0.532 bits per heavy atom. The van der Waals surface area contributed by atoms with Crippen molar-refractivity contribution in [3.05, 3.63) is 173 Å². The predicted molar refractivity (Wildman–Crippen MR) is 301 cm³/mol. The van der Waals surface area contributed by atoms with Crippen molar-refractivity contribution >= 4 is 45.5 Å². The summed E-state index contributed by atoms with van der Waals surface area (Å²) >= 11 is 0. The van der Waals surface area contributed by atoms with E-state index in [-0.39, 0.29) is 29.7 Å². The Hall–Kier alpha value is -8.46. The molecule has 398 valence electrons. The van der Waals surface area contributed by atoms with Crippen LogP contribution in [-0.2, 0) is 35.5 Å². The second-order valence-electron chi connectivity index (χ2n) is 20.4. The molecule has 2 aromatic heterocycles. The molecular formula is C62H68N8O7. The summed E-state index contributed by atoms with van der Waals surface area (Å²) in [7, 11) is 3.20. The number of methoxy groups -OCH3 is 2. The zero-order chi connectivity index (χ0) is 53.9. The summed E-state index contributed by atoms with van der Waals surface area (Å²) in [6, 6.07) is 47.4. The van der Waals surface area contributed by atoms with Crippen molar-refractivity contribution in [2.24, 2.45) is 10.8 Å². The van der Waals surface area contributed by atoms with Crippen LogP contribution in [0.15, 0.2) is 146 Å². The van der Waals surface area contributed by atoms with E-state index in [0.29, 0.717) is 129 Å². The lowest BCUT2D eigenvalue weighted by Crippen LogP contribution is -2.50. The van der Waals surface area contributed by atoms with Crippen molar-refractivity contribution in [3.8, 4) is 29.0 Å². The summed E-state index contributed by atoms with van der Waals surface area (Å²) in [6.07, 6.45) is 3.85. The van der Waals surface area contributed by atoms with Gasteiger partial charge in [0.2, 0.25) is 35.5 Å². The van der Waals surface area contributed by atoms with Crippen LogP contribution in [0.4, 0.5) is 11.9 Å². The summed E-state index contributed by atoms with van der Waals surface area (Å²) in [5, 5.41) is 29.0. The van der Waals surface area contributed by atoms with Gasteiger partial charge in [0, 0.05) is 51.4 Å². The largest absolute Gasteiger partial charge is 0.496 e. The van der Waals surface area contributed by atoms with Gasteiger partial charge in [0.05, 0.1) is 53.0 Å². The standard InChI is InChI=1S/C32H36N4O4.C30H32N4O3/c1-22(2)40-28-18-25-26(19-27(28)39-3)34-31(35-29(25)37)36-16-14-32(15-17-36,20-23-10-6-4-7-11-23)30(38)33-21-24-12-8-5-9-13-24;1-21-17-24-25(18-26(21)37-2)32-29(33-27(24)35)34-15-13-30(14-16-34,19-22-9-5-3-6-10-22)28(36)31-20-23-11-7-4-8-12-23/h4-13,18-19,22H,14-17,20-21H2,1-3H3,(H,33,38)(H,34,35,37);3-12,17-18H,13-16,19-20H2,1-2H3,(H,31,36)(H,32,33,35). The minimum atomic E-state index is -0.558. The van der Waals surface area contributed by atoms with E-state index in [1.54, 1.807) is 26.4 Å². The van der Waals surface area contributed by atoms with E-state index in [1.807, 2.05) is 135 Å². The Labute approximate surface area is 450 Å². The minimum Gasteiger partial charge on any atom is -0.496 e. The fraction of sp³-hybridized carbons (Fsp3) is 0.323. The molecule has 10 rings (SSSR count). The number of rotatable bonds is 16. The van der Waals surface area contributed by atoms with E-state index >= 15 is 0 Å². The number of anilines is 2. The number of aryl methyl sites for hydroxylation is 1. The molecule has 2 fully saturated rings. The molecule has 0 aliphatic carbocycles. The summed E-state index contributed by atoms with van der Waals surface area (Å²) in [6.45, 7) is 9.17. The monoisotopic (exact) mass is 1040 g/mol. The quantitative estimate of drug-likeness (QED) is 0.0718. The third-order valence-corrected chi connectivity index (χ3v) is 14.8. The van der Waals surface area contributed by atoms with Crippen LogP contribution in [0.5, 0.6) is 29.0 Å². The summed E-state index contributed by atoms with van der Waals surface area (Å²) in [5.41, 5.74) is 5.44. The van der Waals surface area contributed by atoms with Gasteiger partial charge in [-0.1, -0.05) is 121 Å². The van der Waals surface area contributed by atoms with Gasteiger partial charge >= 0.3 is 0 Å². The number of benzene rings is 6. The van der Waals surface area contributed by atoms with Crippen molar-refractivity contribution in [3.63, 3.8) is 0 Å². The maximum absolute atomic E-state index is 13.7. The van der Waals surface area contributed by atoms with Gasteiger partial charge in [-0.3, -0.25) is 9.59 Å². The second-order valence-corrected chi connectivity index (χ2v) is 20.4. The number of ether oxygens (including phenoxy) is 3. The highest BCUT2D eigenvalue weighted by molar-refractivity contribution is 5.89. The number of nitrogens with zero attached hydrogens (tertiary/aromatic N) is 6. The molecule has 0 spiro atoms. The van der Waals surface area contributed by atoms with Crippen LogP contribution in [0, 0.1) is 17.8 Å². The van der Waals surface area contributed by atoms with Crippen LogP contribution in [-0.4, -0.2) is 88.5 Å².